The Balaban J connectivity index is 1.66. The number of amides is 1. The summed E-state index contributed by atoms with van der Waals surface area (Å²) >= 11 is 0. The van der Waals surface area contributed by atoms with Crippen molar-refractivity contribution in [3.05, 3.63) is 65.5 Å². The van der Waals surface area contributed by atoms with Gasteiger partial charge in [-0.25, -0.2) is 4.39 Å². The van der Waals surface area contributed by atoms with Gasteiger partial charge in [-0.15, -0.1) is 0 Å². The van der Waals surface area contributed by atoms with Gasteiger partial charge in [-0.05, 0) is 18.6 Å². The minimum atomic E-state index is -1.07. The van der Waals surface area contributed by atoms with E-state index in [4.69, 9.17) is 4.74 Å². The van der Waals surface area contributed by atoms with Crippen molar-refractivity contribution in [3.8, 4) is 5.75 Å². The molecule has 2 atom stereocenters. The van der Waals surface area contributed by atoms with Gasteiger partial charge in [0.05, 0.1) is 18.6 Å². The summed E-state index contributed by atoms with van der Waals surface area (Å²) in [4.78, 5) is 12.4. The fraction of sp³-hybridized carbons (Fsp3) is 0.278. The predicted octanol–water partition coefficient (Wildman–Crippen LogP) is 2.54. The van der Waals surface area contributed by atoms with Crippen LogP contribution in [0.1, 0.15) is 29.6 Å². The van der Waals surface area contributed by atoms with Crippen molar-refractivity contribution in [3.63, 3.8) is 0 Å². The molecule has 3 rings (SSSR count). The van der Waals surface area contributed by atoms with Gasteiger partial charge in [-0.3, -0.25) is 4.79 Å². The number of carbonyl (C=O) groups is 1. The van der Waals surface area contributed by atoms with E-state index in [1.165, 1.54) is 12.1 Å². The number of rotatable bonds is 4. The maximum absolute atomic E-state index is 13.6. The van der Waals surface area contributed by atoms with E-state index in [0.29, 0.717) is 18.8 Å². The van der Waals surface area contributed by atoms with Gasteiger partial charge in [0.15, 0.2) is 0 Å². The maximum Gasteiger partial charge on any atom is 0.227 e. The van der Waals surface area contributed by atoms with Crippen molar-refractivity contribution in [2.24, 2.45) is 0 Å². The third-order valence-corrected chi connectivity index (χ3v) is 4.01. The van der Waals surface area contributed by atoms with Crippen molar-refractivity contribution < 1.29 is 19.0 Å². The SMILES string of the molecule is O=C(NCC(O)c1ccccc1F)C1CCOc2ccccc21. The summed E-state index contributed by atoms with van der Waals surface area (Å²) in [6, 6.07) is 13.4. The van der Waals surface area contributed by atoms with E-state index in [1.54, 1.807) is 12.1 Å². The molecule has 0 saturated heterocycles. The van der Waals surface area contributed by atoms with Crippen LogP contribution in [0.2, 0.25) is 0 Å². The Bertz CT molecular complexity index is 704. The summed E-state index contributed by atoms with van der Waals surface area (Å²) in [6.07, 6.45) is -0.492. The summed E-state index contributed by atoms with van der Waals surface area (Å²) in [7, 11) is 0. The number of fused-ring (bicyclic) bond motifs is 1. The Labute approximate surface area is 133 Å². The normalized spacial score (nSPS) is 17.7. The highest BCUT2D eigenvalue weighted by molar-refractivity contribution is 5.84. The van der Waals surface area contributed by atoms with E-state index in [2.05, 4.69) is 5.32 Å². The molecule has 1 aliphatic rings. The van der Waals surface area contributed by atoms with E-state index < -0.39 is 11.9 Å². The van der Waals surface area contributed by atoms with Crippen molar-refractivity contribution in [1.29, 1.82) is 0 Å². The van der Waals surface area contributed by atoms with Gasteiger partial charge in [0, 0.05) is 17.7 Å². The van der Waals surface area contributed by atoms with Crippen LogP contribution in [0.4, 0.5) is 4.39 Å². The third-order valence-electron chi connectivity index (χ3n) is 4.01. The Morgan fingerprint density at radius 3 is 2.83 bits per heavy atom. The van der Waals surface area contributed by atoms with Crippen LogP contribution in [0.15, 0.2) is 48.5 Å². The number of ether oxygens (including phenoxy) is 1. The Kier molecular flexibility index (Phi) is 4.57. The number of para-hydroxylation sites is 1. The zero-order valence-electron chi connectivity index (χ0n) is 12.5. The predicted molar refractivity (Wildman–Crippen MR) is 83.7 cm³/mol. The minimum absolute atomic E-state index is 0.0285. The molecule has 5 heteroatoms. The first-order chi connectivity index (χ1) is 11.2. The van der Waals surface area contributed by atoms with E-state index in [-0.39, 0.29) is 23.9 Å². The second-order valence-electron chi connectivity index (χ2n) is 5.51. The largest absolute Gasteiger partial charge is 0.493 e. The lowest BCUT2D eigenvalue weighted by molar-refractivity contribution is -0.123. The molecule has 2 aromatic carbocycles. The summed E-state index contributed by atoms with van der Waals surface area (Å²) in [5.41, 5.74) is 1.02. The lowest BCUT2D eigenvalue weighted by Crippen LogP contribution is -2.35. The summed E-state index contributed by atoms with van der Waals surface area (Å²) < 4.78 is 19.2. The zero-order chi connectivity index (χ0) is 16.2. The van der Waals surface area contributed by atoms with Crippen LogP contribution >= 0.6 is 0 Å². The van der Waals surface area contributed by atoms with Crippen LogP contribution in [0.5, 0.6) is 5.75 Å². The fourth-order valence-electron chi connectivity index (χ4n) is 2.79. The van der Waals surface area contributed by atoms with E-state index in [9.17, 15) is 14.3 Å². The zero-order valence-corrected chi connectivity index (χ0v) is 12.5. The number of hydrogen-bond acceptors (Lipinski definition) is 3. The van der Waals surface area contributed by atoms with Crippen molar-refractivity contribution >= 4 is 5.91 Å². The van der Waals surface area contributed by atoms with Crippen molar-refractivity contribution in [1.82, 2.24) is 5.32 Å². The maximum atomic E-state index is 13.6. The molecule has 23 heavy (non-hydrogen) atoms. The van der Waals surface area contributed by atoms with Gasteiger partial charge in [-0.2, -0.15) is 0 Å². The summed E-state index contributed by atoms with van der Waals surface area (Å²) in [6.45, 7) is 0.449. The molecule has 2 unspecified atom stereocenters. The molecule has 1 aliphatic heterocycles. The average Bonchev–Trinajstić information content (AvgIpc) is 2.59. The van der Waals surface area contributed by atoms with Crippen LogP contribution in [0.25, 0.3) is 0 Å². The molecule has 2 N–H and O–H groups in total. The third kappa shape index (κ3) is 3.35. The highest BCUT2D eigenvalue weighted by Gasteiger charge is 2.27. The fourth-order valence-corrected chi connectivity index (χ4v) is 2.79. The quantitative estimate of drug-likeness (QED) is 0.911. The van der Waals surface area contributed by atoms with Gasteiger partial charge in [-0.1, -0.05) is 36.4 Å². The number of nitrogens with one attached hydrogen (secondary N) is 1. The molecule has 0 spiro atoms. The highest BCUT2D eigenvalue weighted by Crippen LogP contribution is 2.33. The van der Waals surface area contributed by atoms with Crippen LogP contribution in [-0.2, 0) is 4.79 Å². The van der Waals surface area contributed by atoms with Gasteiger partial charge >= 0.3 is 0 Å². The van der Waals surface area contributed by atoms with E-state index in [1.807, 2.05) is 24.3 Å². The number of aliphatic hydroxyl groups is 1. The van der Waals surface area contributed by atoms with Gasteiger partial charge in [0.25, 0.3) is 0 Å². The Morgan fingerprint density at radius 2 is 2.00 bits per heavy atom. The monoisotopic (exact) mass is 315 g/mol. The molecule has 0 bridgehead atoms. The smallest absolute Gasteiger partial charge is 0.227 e. The standard InChI is InChI=1S/C18H18FNO3/c19-15-7-3-1-6-14(15)16(21)11-20-18(22)13-9-10-23-17-8-4-2-5-12(13)17/h1-8,13,16,21H,9-11H2,(H,20,22). The van der Waals surface area contributed by atoms with Crippen LogP contribution in [0.3, 0.4) is 0 Å². The molecule has 4 nitrogen and oxygen atoms in total. The minimum Gasteiger partial charge on any atom is -0.493 e. The molecule has 0 aromatic heterocycles. The van der Waals surface area contributed by atoms with Crippen molar-refractivity contribution in [2.75, 3.05) is 13.2 Å². The topological polar surface area (TPSA) is 58.6 Å². The lowest BCUT2D eigenvalue weighted by Gasteiger charge is -2.25. The van der Waals surface area contributed by atoms with Gasteiger partial charge < -0.3 is 15.2 Å². The molecule has 1 heterocycles. The Hall–Kier alpha value is -2.40. The molecule has 0 fully saturated rings. The lowest BCUT2D eigenvalue weighted by atomic mass is 9.92. The first kappa shape index (κ1) is 15.5. The van der Waals surface area contributed by atoms with Gasteiger partial charge in [0.2, 0.25) is 5.91 Å². The van der Waals surface area contributed by atoms with Crippen LogP contribution < -0.4 is 10.1 Å². The second-order valence-corrected chi connectivity index (χ2v) is 5.51. The molecule has 0 saturated carbocycles. The summed E-state index contributed by atoms with van der Waals surface area (Å²) in [5, 5.41) is 12.8. The van der Waals surface area contributed by atoms with E-state index >= 15 is 0 Å². The van der Waals surface area contributed by atoms with Crippen molar-refractivity contribution in [2.45, 2.75) is 18.4 Å². The number of halogens is 1. The van der Waals surface area contributed by atoms with E-state index in [0.717, 1.165) is 5.56 Å². The van der Waals surface area contributed by atoms with Crippen LogP contribution in [0, 0.1) is 5.82 Å². The Morgan fingerprint density at radius 1 is 1.26 bits per heavy atom. The first-order valence-electron chi connectivity index (χ1n) is 7.58. The molecule has 1 amide bonds. The molecule has 120 valence electrons. The number of hydrogen-bond donors (Lipinski definition) is 2. The first-order valence-corrected chi connectivity index (χ1v) is 7.58. The van der Waals surface area contributed by atoms with Crippen LogP contribution in [-0.4, -0.2) is 24.2 Å². The molecular weight excluding hydrogens is 297 g/mol. The number of benzene rings is 2. The highest BCUT2D eigenvalue weighted by atomic mass is 19.1. The van der Waals surface area contributed by atoms with Gasteiger partial charge in [0.1, 0.15) is 11.6 Å². The number of carbonyl (C=O) groups excluding carboxylic acids is 1. The average molecular weight is 315 g/mol. The molecular formula is C18H18FNO3. The summed E-state index contributed by atoms with van der Waals surface area (Å²) in [5.74, 6) is -0.261. The molecule has 0 aliphatic carbocycles. The second kappa shape index (κ2) is 6.79. The molecule has 2 aromatic rings. The number of aliphatic hydroxyl groups excluding tert-OH is 1. The molecule has 0 radical (unpaired) electrons.